The lowest BCUT2D eigenvalue weighted by molar-refractivity contribution is 0.0985. The van der Waals surface area contributed by atoms with Crippen LogP contribution in [0.25, 0.3) is 0 Å². The molecule has 1 aliphatic heterocycles. The van der Waals surface area contributed by atoms with Gasteiger partial charge in [0.25, 0.3) is 0 Å². The molecule has 6 nitrogen and oxygen atoms in total. The van der Waals surface area contributed by atoms with Crippen molar-refractivity contribution in [2.24, 2.45) is 0 Å². The number of morpholine rings is 1. The normalized spacial score (nSPS) is 23.7. The molecule has 112 valence electrons. The highest BCUT2D eigenvalue weighted by Gasteiger charge is 2.57. The molecule has 2 fully saturated rings. The van der Waals surface area contributed by atoms with E-state index in [-0.39, 0.29) is 28.0 Å². The third-order valence-corrected chi connectivity index (χ3v) is 4.83. The number of nitrogens with one attached hydrogen (secondary N) is 1. The van der Waals surface area contributed by atoms with Gasteiger partial charge in [-0.2, -0.15) is 0 Å². The Morgan fingerprint density at radius 3 is 2.95 bits per heavy atom. The van der Waals surface area contributed by atoms with E-state index in [9.17, 15) is 4.21 Å². The highest BCUT2D eigenvalue weighted by atomic mass is 35.5. The minimum atomic E-state index is -0.538. The van der Waals surface area contributed by atoms with Gasteiger partial charge in [0.1, 0.15) is 11.2 Å². The van der Waals surface area contributed by atoms with Gasteiger partial charge in [0.05, 0.1) is 24.9 Å². The van der Waals surface area contributed by atoms with E-state index >= 15 is 0 Å². The molecular weight excluding hydrogens is 312 g/mol. The Kier molecular flexibility index (Phi) is 3.90. The Hall–Kier alpha value is -1.18. The second kappa shape index (κ2) is 5.55. The molecule has 0 radical (unpaired) electrons. The van der Waals surface area contributed by atoms with Gasteiger partial charge in [0, 0.05) is 16.8 Å². The first-order valence-corrected chi connectivity index (χ1v) is 7.97. The van der Waals surface area contributed by atoms with Crippen molar-refractivity contribution in [2.45, 2.75) is 31.2 Å². The molecule has 1 N–H and O–H groups in total. The lowest BCUT2D eigenvalue weighted by Gasteiger charge is -2.34. The van der Waals surface area contributed by atoms with E-state index in [0.717, 1.165) is 25.2 Å². The SMILES string of the molecule is C[C@@H]1COCCN1c1cc(C2(C(=N)[S+]=O)CC2)nc(Cl)n1. The molecule has 1 aromatic heterocycles. The van der Waals surface area contributed by atoms with Crippen LogP contribution in [0.5, 0.6) is 0 Å². The van der Waals surface area contributed by atoms with Gasteiger partial charge < -0.3 is 9.64 Å². The first-order valence-electron chi connectivity index (χ1n) is 6.85. The monoisotopic (exact) mass is 327 g/mol. The molecule has 2 aliphatic rings. The van der Waals surface area contributed by atoms with Crippen molar-refractivity contribution in [3.8, 4) is 0 Å². The summed E-state index contributed by atoms with van der Waals surface area (Å²) in [5, 5.41) is 8.15. The molecular formula is C13H16ClN4O2S+. The number of anilines is 1. The Labute approximate surface area is 131 Å². The predicted molar refractivity (Wildman–Crippen MR) is 81.4 cm³/mol. The molecule has 1 saturated heterocycles. The summed E-state index contributed by atoms with van der Waals surface area (Å²) < 4.78 is 16.4. The van der Waals surface area contributed by atoms with Crippen LogP contribution in [0.1, 0.15) is 25.5 Å². The fraction of sp³-hybridized carbons (Fsp3) is 0.615. The topological polar surface area (TPSA) is 79.2 Å². The van der Waals surface area contributed by atoms with Crippen molar-refractivity contribution in [1.82, 2.24) is 9.97 Å². The van der Waals surface area contributed by atoms with Crippen LogP contribution in [-0.2, 0) is 26.0 Å². The highest BCUT2D eigenvalue weighted by Crippen LogP contribution is 2.49. The van der Waals surface area contributed by atoms with Crippen LogP contribution in [0.3, 0.4) is 0 Å². The summed E-state index contributed by atoms with van der Waals surface area (Å²) in [5.41, 5.74) is 0.146. The number of hydrogen-bond acceptors (Lipinski definition) is 6. The molecule has 1 aromatic rings. The van der Waals surface area contributed by atoms with E-state index in [1.807, 2.05) is 6.07 Å². The van der Waals surface area contributed by atoms with Crippen molar-refractivity contribution in [3.63, 3.8) is 0 Å². The minimum absolute atomic E-state index is 0.109. The summed E-state index contributed by atoms with van der Waals surface area (Å²) in [6.45, 7) is 4.11. The Morgan fingerprint density at radius 1 is 1.57 bits per heavy atom. The summed E-state index contributed by atoms with van der Waals surface area (Å²) in [5.74, 6) is 0.746. The van der Waals surface area contributed by atoms with Crippen molar-refractivity contribution in [1.29, 1.82) is 5.41 Å². The Bertz CT molecular complexity index is 594. The van der Waals surface area contributed by atoms with Gasteiger partial charge in [-0.3, -0.25) is 0 Å². The highest BCUT2D eigenvalue weighted by molar-refractivity contribution is 7.83. The molecule has 0 aromatic carbocycles. The molecule has 8 heteroatoms. The second-order valence-corrected chi connectivity index (χ2v) is 6.41. The molecule has 0 spiro atoms. The van der Waals surface area contributed by atoms with E-state index in [1.165, 1.54) is 0 Å². The molecule has 2 heterocycles. The van der Waals surface area contributed by atoms with E-state index in [1.54, 1.807) is 0 Å². The van der Waals surface area contributed by atoms with Gasteiger partial charge in [0.15, 0.2) is 0 Å². The maximum atomic E-state index is 11.0. The van der Waals surface area contributed by atoms with Crippen LogP contribution in [-0.4, -0.2) is 40.8 Å². The maximum absolute atomic E-state index is 11.0. The largest absolute Gasteiger partial charge is 0.522 e. The number of rotatable bonds is 3. The van der Waals surface area contributed by atoms with E-state index < -0.39 is 5.41 Å². The summed E-state index contributed by atoms with van der Waals surface area (Å²) in [7, 11) is 0. The number of ether oxygens (including phenoxy) is 1. The average molecular weight is 328 g/mol. The first kappa shape index (κ1) is 14.7. The van der Waals surface area contributed by atoms with Crippen LogP contribution in [0, 0.1) is 5.41 Å². The predicted octanol–water partition coefficient (Wildman–Crippen LogP) is 1.79. The van der Waals surface area contributed by atoms with E-state index in [0.29, 0.717) is 18.9 Å². The maximum Gasteiger partial charge on any atom is 0.522 e. The summed E-state index contributed by atoms with van der Waals surface area (Å²) in [4.78, 5) is 10.7. The molecule has 1 atom stereocenters. The Morgan fingerprint density at radius 2 is 2.33 bits per heavy atom. The van der Waals surface area contributed by atoms with Gasteiger partial charge in [-0.1, -0.05) is 0 Å². The van der Waals surface area contributed by atoms with Gasteiger partial charge in [-0.05, 0) is 31.4 Å². The van der Waals surface area contributed by atoms with Crippen LogP contribution in [0.2, 0.25) is 5.28 Å². The molecule has 0 unspecified atom stereocenters. The van der Waals surface area contributed by atoms with Crippen molar-refractivity contribution < 1.29 is 8.95 Å². The zero-order chi connectivity index (χ0) is 15.0. The minimum Gasteiger partial charge on any atom is -0.377 e. The van der Waals surface area contributed by atoms with Gasteiger partial charge in [-0.25, -0.2) is 15.4 Å². The zero-order valence-corrected chi connectivity index (χ0v) is 13.2. The van der Waals surface area contributed by atoms with Gasteiger partial charge in [0.2, 0.25) is 5.28 Å². The van der Waals surface area contributed by atoms with Crippen LogP contribution >= 0.6 is 11.6 Å². The smallest absolute Gasteiger partial charge is 0.377 e. The molecule has 0 amide bonds. The number of halogens is 1. The fourth-order valence-electron chi connectivity index (χ4n) is 2.67. The van der Waals surface area contributed by atoms with Crippen LogP contribution in [0.4, 0.5) is 5.82 Å². The number of hydrogen-bond donors (Lipinski definition) is 1. The fourth-order valence-corrected chi connectivity index (χ4v) is 3.32. The standard InChI is InChI=1S/C13H16ClN4O2S/c1-8-7-20-5-4-18(8)10-6-9(16-12(14)17-10)13(2-3-13)11(15)21-19/h6,8,15H,2-5,7H2,1H3/q+1/t8-/m1/s1. The average Bonchev–Trinajstić information content (AvgIpc) is 3.28. The van der Waals surface area contributed by atoms with Crippen molar-refractivity contribution in [3.05, 3.63) is 17.0 Å². The van der Waals surface area contributed by atoms with E-state index in [4.69, 9.17) is 21.7 Å². The molecule has 21 heavy (non-hydrogen) atoms. The molecule has 0 bridgehead atoms. The Balaban J connectivity index is 1.97. The van der Waals surface area contributed by atoms with Crippen molar-refractivity contribution in [2.75, 3.05) is 24.7 Å². The summed E-state index contributed by atoms with van der Waals surface area (Å²) in [6, 6.07) is 2.08. The quantitative estimate of drug-likeness (QED) is 0.396. The second-order valence-electron chi connectivity index (χ2n) is 5.49. The van der Waals surface area contributed by atoms with Crippen molar-refractivity contribution >= 4 is 34.1 Å². The lowest BCUT2D eigenvalue weighted by Crippen LogP contribution is -2.44. The summed E-state index contributed by atoms with van der Waals surface area (Å²) in [6.07, 6.45) is 1.54. The third-order valence-electron chi connectivity index (χ3n) is 4.11. The molecule has 3 rings (SSSR count). The van der Waals surface area contributed by atoms with E-state index in [2.05, 4.69) is 21.8 Å². The first-order chi connectivity index (χ1) is 10.1. The van der Waals surface area contributed by atoms with Crippen LogP contribution in [0.15, 0.2) is 6.07 Å². The van der Waals surface area contributed by atoms with Crippen LogP contribution < -0.4 is 4.90 Å². The number of aromatic nitrogens is 2. The number of nitrogens with zero attached hydrogens (tertiary/aromatic N) is 3. The zero-order valence-electron chi connectivity index (χ0n) is 11.6. The lowest BCUT2D eigenvalue weighted by atomic mass is 10.0. The third kappa shape index (κ3) is 2.65. The summed E-state index contributed by atoms with van der Waals surface area (Å²) >= 11 is 6.30. The van der Waals surface area contributed by atoms with Gasteiger partial charge >= 0.3 is 16.7 Å². The molecule has 1 aliphatic carbocycles. The molecule has 1 saturated carbocycles. The van der Waals surface area contributed by atoms with Gasteiger partial charge in [-0.15, -0.1) is 0 Å².